The molecule has 0 radical (unpaired) electrons. The van der Waals surface area contributed by atoms with Crippen molar-refractivity contribution in [3.63, 3.8) is 0 Å². The number of aromatic nitrogens is 3. The molecule has 7 nitrogen and oxygen atoms in total. The Balaban J connectivity index is 1.59. The molecule has 36 heavy (non-hydrogen) atoms. The van der Waals surface area contributed by atoms with Crippen LogP contribution in [-0.2, 0) is 24.4 Å². The Morgan fingerprint density at radius 2 is 2.03 bits per heavy atom. The van der Waals surface area contributed by atoms with Crippen LogP contribution in [-0.4, -0.2) is 45.8 Å². The molecular weight excluding hydrogens is 478 g/mol. The number of hydrogen-bond donors (Lipinski definition) is 1. The van der Waals surface area contributed by atoms with Gasteiger partial charge in [-0.25, -0.2) is 9.37 Å². The molecular formula is C25H23F4N5O2. The normalized spacial score (nSPS) is 15.6. The van der Waals surface area contributed by atoms with Gasteiger partial charge in [-0.1, -0.05) is 6.07 Å². The van der Waals surface area contributed by atoms with Crippen LogP contribution in [0, 0.1) is 5.82 Å². The number of halogens is 4. The first-order valence-corrected chi connectivity index (χ1v) is 11.3. The van der Waals surface area contributed by atoms with Crippen molar-refractivity contribution in [2.24, 2.45) is 7.05 Å². The van der Waals surface area contributed by atoms with Crippen molar-refractivity contribution in [3.8, 4) is 0 Å². The average Bonchev–Trinajstić information content (AvgIpc) is 3.42. The van der Waals surface area contributed by atoms with Gasteiger partial charge in [0.2, 0.25) is 0 Å². The summed E-state index contributed by atoms with van der Waals surface area (Å²) >= 11 is 0. The van der Waals surface area contributed by atoms with Gasteiger partial charge in [0.05, 0.1) is 46.4 Å². The molecule has 2 heterocycles. The highest BCUT2D eigenvalue weighted by molar-refractivity contribution is 6.10. The molecule has 1 aliphatic rings. The van der Waals surface area contributed by atoms with E-state index in [9.17, 15) is 18.0 Å². The zero-order valence-electron chi connectivity index (χ0n) is 19.6. The maximum Gasteiger partial charge on any atom is 0.416 e. The summed E-state index contributed by atoms with van der Waals surface area (Å²) in [5.74, 6) is -1.16. The fraction of sp³-hybridized carbons (Fsp3) is 0.320. The number of amides is 1. The summed E-state index contributed by atoms with van der Waals surface area (Å²) in [6.07, 6.45) is -2.11. The standard InChI is InChI=1S/C25H23F4N5O2/c1-33-22-17-10-16(19(26)11-20(17)32-23(30)18(22)12-31-33)24(35)34(7-8-36-2)21-6-3-13-9-14(25(27,28)29)4-5-15(13)21/h4-5,9-12,21H,3,6-8H2,1-2H3,(H2,30,32). The molecule has 188 valence electrons. The number of carbonyl (C=O) groups is 1. The number of fused-ring (bicyclic) bond motifs is 4. The SMILES string of the molecule is COCCN(C(=O)c1cc2c(cc1F)nc(N)c1cnn(C)c12)C1CCc2cc(C(F)(F)F)ccc21. The minimum atomic E-state index is -4.46. The van der Waals surface area contributed by atoms with Crippen LogP contribution in [0.5, 0.6) is 0 Å². The van der Waals surface area contributed by atoms with E-state index in [1.807, 2.05) is 0 Å². The summed E-state index contributed by atoms with van der Waals surface area (Å²) in [6, 6.07) is 5.64. The minimum Gasteiger partial charge on any atom is -0.383 e. The number of carbonyl (C=O) groups excluding carboxylic acids is 1. The van der Waals surface area contributed by atoms with Gasteiger partial charge >= 0.3 is 6.18 Å². The fourth-order valence-electron chi connectivity index (χ4n) is 4.98. The monoisotopic (exact) mass is 501 g/mol. The number of nitrogens with zero attached hydrogens (tertiary/aromatic N) is 4. The molecule has 0 spiro atoms. The van der Waals surface area contributed by atoms with Crippen molar-refractivity contribution in [2.75, 3.05) is 26.0 Å². The highest BCUT2D eigenvalue weighted by Gasteiger charge is 2.36. The number of alkyl halides is 3. The summed E-state index contributed by atoms with van der Waals surface area (Å²) < 4.78 is 61.6. The van der Waals surface area contributed by atoms with Crippen molar-refractivity contribution in [1.29, 1.82) is 0 Å². The van der Waals surface area contributed by atoms with Crippen LogP contribution in [0.15, 0.2) is 36.5 Å². The summed E-state index contributed by atoms with van der Waals surface area (Å²) in [6.45, 7) is 0.316. The lowest BCUT2D eigenvalue weighted by molar-refractivity contribution is -0.137. The van der Waals surface area contributed by atoms with Crippen LogP contribution in [0.25, 0.3) is 21.8 Å². The molecule has 0 saturated heterocycles. The van der Waals surface area contributed by atoms with Gasteiger partial charge in [-0.05, 0) is 42.2 Å². The molecule has 0 aliphatic heterocycles. The maximum atomic E-state index is 15.3. The lowest BCUT2D eigenvalue weighted by Gasteiger charge is -2.30. The molecule has 4 aromatic rings. The van der Waals surface area contributed by atoms with E-state index in [1.165, 1.54) is 24.1 Å². The molecule has 1 amide bonds. The van der Waals surface area contributed by atoms with E-state index in [0.29, 0.717) is 40.3 Å². The van der Waals surface area contributed by atoms with Crippen LogP contribution in [0.1, 0.15) is 39.5 Å². The van der Waals surface area contributed by atoms with Gasteiger partial charge in [0, 0.05) is 32.2 Å². The summed E-state index contributed by atoms with van der Waals surface area (Å²) in [5.41, 5.74) is 7.15. The number of nitrogen functional groups attached to an aromatic ring is 1. The molecule has 5 rings (SSSR count). The molecule has 0 saturated carbocycles. The molecule has 2 aromatic heterocycles. The van der Waals surface area contributed by atoms with Crippen LogP contribution < -0.4 is 5.73 Å². The predicted molar refractivity (Wildman–Crippen MR) is 126 cm³/mol. The molecule has 2 N–H and O–H groups in total. The third-order valence-electron chi connectivity index (χ3n) is 6.72. The van der Waals surface area contributed by atoms with Crippen LogP contribution >= 0.6 is 0 Å². The van der Waals surface area contributed by atoms with Gasteiger partial charge in [0.15, 0.2) is 0 Å². The Kier molecular flexibility index (Phi) is 5.82. The second-order valence-corrected chi connectivity index (χ2v) is 8.83. The van der Waals surface area contributed by atoms with Gasteiger partial charge in [0.25, 0.3) is 5.91 Å². The molecule has 1 atom stereocenters. The number of rotatable bonds is 5. The smallest absolute Gasteiger partial charge is 0.383 e. The summed E-state index contributed by atoms with van der Waals surface area (Å²) in [5, 5.41) is 5.29. The van der Waals surface area contributed by atoms with E-state index < -0.39 is 29.5 Å². The second kappa shape index (κ2) is 8.74. The minimum absolute atomic E-state index is 0.138. The van der Waals surface area contributed by atoms with Gasteiger partial charge in [-0.15, -0.1) is 0 Å². The van der Waals surface area contributed by atoms with Crippen molar-refractivity contribution in [2.45, 2.75) is 25.1 Å². The van der Waals surface area contributed by atoms with Crippen LogP contribution in [0.2, 0.25) is 0 Å². The largest absolute Gasteiger partial charge is 0.416 e. The molecule has 1 unspecified atom stereocenters. The summed E-state index contributed by atoms with van der Waals surface area (Å²) in [7, 11) is 3.19. The van der Waals surface area contributed by atoms with Gasteiger partial charge in [0.1, 0.15) is 11.6 Å². The van der Waals surface area contributed by atoms with E-state index in [2.05, 4.69) is 10.1 Å². The fourth-order valence-corrected chi connectivity index (χ4v) is 4.98. The number of aryl methyl sites for hydroxylation is 2. The zero-order valence-corrected chi connectivity index (χ0v) is 19.6. The second-order valence-electron chi connectivity index (χ2n) is 8.83. The number of anilines is 1. The third kappa shape index (κ3) is 3.93. The van der Waals surface area contributed by atoms with E-state index >= 15 is 4.39 Å². The number of benzene rings is 2. The predicted octanol–water partition coefficient (Wildman–Crippen LogP) is 4.64. The van der Waals surface area contributed by atoms with E-state index in [-0.39, 0.29) is 30.0 Å². The molecule has 0 bridgehead atoms. The average molecular weight is 501 g/mol. The van der Waals surface area contributed by atoms with Crippen molar-refractivity contribution in [3.05, 3.63) is 64.6 Å². The number of ether oxygens (including phenoxy) is 1. The first-order valence-electron chi connectivity index (χ1n) is 11.3. The first-order chi connectivity index (χ1) is 17.1. The number of methoxy groups -OCH3 is 1. The van der Waals surface area contributed by atoms with E-state index in [4.69, 9.17) is 10.5 Å². The first kappa shape index (κ1) is 24.0. The van der Waals surface area contributed by atoms with Crippen molar-refractivity contribution >= 4 is 33.5 Å². The van der Waals surface area contributed by atoms with Crippen molar-refractivity contribution < 1.29 is 27.1 Å². The Morgan fingerprint density at radius 3 is 2.75 bits per heavy atom. The number of nitrogens with two attached hydrogens (primary N) is 1. The molecule has 11 heteroatoms. The lowest BCUT2D eigenvalue weighted by atomic mass is 10.0. The lowest BCUT2D eigenvalue weighted by Crippen LogP contribution is -2.37. The Bertz CT molecular complexity index is 1500. The van der Waals surface area contributed by atoms with E-state index in [1.54, 1.807) is 17.9 Å². The zero-order chi connectivity index (χ0) is 25.8. The van der Waals surface area contributed by atoms with Gasteiger partial charge < -0.3 is 15.4 Å². The molecule has 1 aliphatic carbocycles. The van der Waals surface area contributed by atoms with E-state index in [0.717, 1.165) is 18.2 Å². The topological polar surface area (TPSA) is 86.3 Å². The highest BCUT2D eigenvalue weighted by atomic mass is 19.4. The molecule has 0 fully saturated rings. The van der Waals surface area contributed by atoms with Crippen LogP contribution in [0.3, 0.4) is 0 Å². The third-order valence-corrected chi connectivity index (χ3v) is 6.72. The van der Waals surface area contributed by atoms with Crippen LogP contribution in [0.4, 0.5) is 23.4 Å². The van der Waals surface area contributed by atoms with Crippen molar-refractivity contribution in [1.82, 2.24) is 19.7 Å². The quantitative estimate of drug-likeness (QED) is 0.403. The highest BCUT2D eigenvalue weighted by Crippen LogP contribution is 2.40. The Morgan fingerprint density at radius 1 is 1.25 bits per heavy atom. The van der Waals surface area contributed by atoms with Gasteiger partial charge in [-0.2, -0.15) is 18.3 Å². The Hall–Kier alpha value is -3.73. The molecule has 2 aromatic carbocycles. The Labute approximate surface area is 203 Å². The summed E-state index contributed by atoms with van der Waals surface area (Å²) in [4.78, 5) is 19.5. The van der Waals surface area contributed by atoms with Gasteiger partial charge in [-0.3, -0.25) is 9.48 Å². The maximum absolute atomic E-state index is 15.3. The number of hydrogen-bond acceptors (Lipinski definition) is 5. The number of pyridine rings is 1.